The van der Waals surface area contributed by atoms with Gasteiger partial charge in [-0.3, -0.25) is 4.79 Å². The average Bonchev–Trinajstić information content (AvgIpc) is 3.22. The van der Waals surface area contributed by atoms with Crippen molar-refractivity contribution >= 4 is 34.2 Å². The van der Waals surface area contributed by atoms with Crippen LogP contribution in [0.25, 0.3) is 16.7 Å². The molecule has 1 atom stereocenters. The average molecular weight is 451 g/mol. The van der Waals surface area contributed by atoms with Crippen molar-refractivity contribution in [3.63, 3.8) is 0 Å². The third-order valence-electron chi connectivity index (χ3n) is 5.01. The number of ether oxygens (including phenoxy) is 2. The molecule has 0 aliphatic carbocycles. The number of carbonyl (C=O) groups is 1. The lowest BCUT2D eigenvalue weighted by Crippen LogP contribution is -2.13. The van der Waals surface area contributed by atoms with Crippen LogP contribution in [0.4, 0.5) is 5.69 Å². The summed E-state index contributed by atoms with van der Waals surface area (Å²) in [6.45, 7) is 4.05. The van der Waals surface area contributed by atoms with Gasteiger partial charge in [-0.05, 0) is 67.9 Å². The lowest BCUT2D eigenvalue weighted by molar-refractivity contribution is 0.102. The molecule has 1 N–H and O–H groups in total. The maximum absolute atomic E-state index is 12.7. The van der Waals surface area contributed by atoms with Crippen LogP contribution in [-0.4, -0.2) is 34.1 Å². The number of hydrogen-bond acceptors (Lipinski definition) is 5. The highest BCUT2D eigenvalue weighted by Gasteiger charge is 2.12. The molecule has 0 bridgehead atoms. The van der Waals surface area contributed by atoms with E-state index >= 15 is 0 Å². The number of methoxy groups -OCH3 is 1. The molecule has 0 radical (unpaired) electrons. The number of fused-ring (bicyclic) bond motifs is 1. The number of rotatable bonds is 7. The molecule has 0 fully saturated rings. The van der Waals surface area contributed by atoms with Crippen molar-refractivity contribution in [3.8, 4) is 17.2 Å². The molecular formula is C24H23ClN4O3. The molecule has 8 heteroatoms. The van der Waals surface area contributed by atoms with E-state index in [0.717, 1.165) is 6.42 Å². The molecule has 0 saturated carbocycles. The highest BCUT2D eigenvalue weighted by Crippen LogP contribution is 2.27. The normalized spacial score (nSPS) is 11.9. The predicted molar refractivity (Wildman–Crippen MR) is 125 cm³/mol. The first kappa shape index (κ1) is 21.6. The van der Waals surface area contributed by atoms with Crippen LogP contribution < -0.4 is 14.8 Å². The Morgan fingerprint density at radius 1 is 1.09 bits per heavy atom. The zero-order valence-corrected chi connectivity index (χ0v) is 18.8. The van der Waals surface area contributed by atoms with E-state index < -0.39 is 0 Å². The molecule has 0 aliphatic heterocycles. The van der Waals surface area contributed by atoms with Gasteiger partial charge in [0.2, 0.25) is 0 Å². The topological polar surface area (TPSA) is 78.3 Å². The van der Waals surface area contributed by atoms with E-state index in [4.69, 9.17) is 21.1 Å². The van der Waals surface area contributed by atoms with Gasteiger partial charge in [-0.1, -0.05) is 24.6 Å². The van der Waals surface area contributed by atoms with Crippen molar-refractivity contribution in [2.75, 3.05) is 12.4 Å². The zero-order chi connectivity index (χ0) is 22.7. The minimum absolute atomic E-state index is 0.0823. The molecule has 1 heterocycles. The van der Waals surface area contributed by atoms with Crippen LogP contribution in [0.15, 0.2) is 60.7 Å². The van der Waals surface area contributed by atoms with Crippen molar-refractivity contribution in [1.29, 1.82) is 0 Å². The van der Waals surface area contributed by atoms with Crippen molar-refractivity contribution in [2.24, 2.45) is 0 Å². The van der Waals surface area contributed by atoms with Gasteiger partial charge in [0.1, 0.15) is 22.5 Å². The molecule has 1 amide bonds. The minimum atomic E-state index is -0.228. The third kappa shape index (κ3) is 4.68. The van der Waals surface area contributed by atoms with Gasteiger partial charge in [0.25, 0.3) is 5.91 Å². The second-order valence-corrected chi connectivity index (χ2v) is 7.74. The summed E-state index contributed by atoms with van der Waals surface area (Å²) in [5.41, 5.74) is 3.18. The van der Waals surface area contributed by atoms with Crippen molar-refractivity contribution < 1.29 is 14.3 Å². The predicted octanol–water partition coefficient (Wildman–Crippen LogP) is 5.51. The number of nitrogens with one attached hydrogen (secondary N) is 1. The van der Waals surface area contributed by atoms with Crippen LogP contribution in [0.2, 0.25) is 5.02 Å². The number of carbonyl (C=O) groups excluding carboxylic acids is 1. The molecule has 0 spiro atoms. The van der Waals surface area contributed by atoms with Gasteiger partial charge in [0.05, 0.1) is 23.9 Å². The Morgan fingerprint density at radius 2 is 1.91 bits per heavy atom. The van der Waals surface area contributed by atoms with Gasteiger partial charge >= 0.3 is 0 Å². The largest absolute Gasteiger partial charge is 0.495 e. The molecule has 1 aromatic heterocycles. The van der Waals surface area contributed by atoms with E-state index in [0.29, 0.717) is 44.5 Å². The maximum atomic E-state index is 12.7. The van der Waals surface area contributed by atoms with E-state index in [1.165, 1.54) is 4.80 Å². The standard InChI is InChI=1S/C24H23ClN4O3/c1-4-15(2)32-19-7-5-6-16(12-19)24(30)26-17-8-10-21-22(13-17)28-29(27-21)18-9-11-23(31-3)20(25)14-18/h5-15H,4H2,1-3H3,(H,26,30). The number of amides is 1. The van der Waals surface area contributed by atoms with E-state index in [1.807, 2.05) is 25.1 Å². The quantitative estimate of drug-likeness (QED) is 0.401. The third-order valence-corrected chi connectivity index (χ3v) is 5.31. The van der Waals surface area contributed by atoms with Crippen LogP contribution in [0.3, 0.4) is 0 Å². The summed E-state index contributed by atoms with van der Waals surface area (Å²) in [7, 11) is 1.56. The van der Waals surface area contributed by atoms with Crippen molar-refractivity contribution in [1.82, 2.24) is 15.0 Å². The molecule has 4 aromatic rings. The van der Waals surface area contributed by atoms with Gasteiger partial charge in [-0.2, -0.15) is 4.80 Å². The fraction of sp³-hybridized carbons (Fsp3) is 0.208. The summed E-state index contributed by atoms with van der Waals surface area (Å²) in [6, 6.07) is 17.8. The Morgan fingerprint density at radius 3 is 2.66 bits per heavy atom. The Labute approximate surface area is 190 Å². The summed E-state index contributed by atoms with van der Waals surface area (Å²) in [6.07, 6.45) is 0.971. The van der Waals surface area contributed by atoms with E-state index in [9.17, 15) is 4.79 Å². The van der Waals surface area contributed by atoms with Crippen molar-refractivity contribution in [2.45, 2.75) is 26.4 Å². The first-order valence-electron chi connectivity index (χ1n) is 10.3. The van der Waals surface area contributed by atoms with E-state index in [-0.39, 0.29) is 12.0 Å². The summed E-state index contributed by atoms with van der Waals surface area (Å²) in [5.74, 6) is 1.02. The van der Waals surface area contributed by atoms with Gasteiger partial charge in [-0.15, -0.1) is 10.2 Å². The Balaban J connectivity index is 1.54. The van der Waals surface area contributed by atoms with Gasteiger partial charge in [0, 0.05) is 11.3 Å². The van der Waals surface area contributed by atoms with Crippen LogP contribution in [0, 0.1) is 0 Å². The Bertz CT molecular complexity index is 1270. The molecule has 0 saturated heterocycles. The van der Waals surface area contributed by atoms with E-state index in [1.54, 1.807) is 49.6 Å². The molecule has 0 aliphatic rings. The number of hydrogen-bond donors (Lipinski definition) is 1. The molecule has 32 heavy (non-hydrogen) atoms. The molecule has 7 nitrogen and oxygen atoms in total. The van der Waals surface area contributed by atoms with E-state index in [2.05, 4.69) is 22.4 Å². The first-order valence-corrected chi connectivity index (χ1v) is 10.6. The maximum Gasteiger partial charge on any atom is 0.255 e. The first-order chi connectivity index (χ1) is 15.5. The summed E-state index contributed by atoms with van der Waals surface area (Å²) in [5, 5.41) is 12.4. The minimum Gasteiger partial charge on any atom is -0.495 e. The van der Waals surface area contributed by atoms with Crippen LogP contribution in [0.1, 0.15) is 30.6 Å². The summed E-state index contributed by atoms with van der Waals surface area (Å²) < 4.78 is 11.0. The molecule has 3 aromatic carbocycles. The molecule has 1 unspecified atom stereocenters. The zero-order valence-electron chi connectivity index (χ0n) is 18.0. The monoisotopic (exact) mass is 450 g/mol. The number of benzene rings is 3. The summed E-state index contributed by atoms with van der Waals surface area (Å²) in [4.78, 5) is 14.2. The summed E-state index contributed by atoms with van der Waals surface area (Å²) >= 11 is 6.22. The number of anilines is 1. The highest BCUT2D eigenvalue weighted by molar-refractivity contribution is 6.32. The van der Waals surface area contributed by atoms with Gasteiger partial charge < -0.3 is 14.8 Å². The number of nitrogens with zero attached hydrogens (tertiary/aromatic N) is 3. The van der Waals surface area contributed by atoms with Crippen LogP contribution in [-0.2, 0) is 0 Å². The SMILES string of the molecule is CCC(C)Oc1cccc(C(=O)Nc2ccc3nn(-c4ccc(OC)c(Cl)c4)nc3c2)c1. The second-order valence-electron chi connectivity index (χ2n) is 7.33. The van der Waals surface area contributed by atoms with Crippen LogP contribution in [0.5, 0.6) is 11.5 Å². The molecule has 4 rings (SSSR count). The highest BCUT2D eigenvalue weighted by atomic mass is 35.5. The van der Waals surface area contributed by atoms with Crippen LogP contribution >= 0.6 is 11.6 Å². The van der Waals surface area contributed by atoms with Gasteiger partial charge in [0.15, 0.2) is 0 Å². The lowest BCUT2D eigenvalue weighted by atomic mass is 10.2. The molecular weight excluding hydrogens is 428 g/mol. The Hall–Kier alpha value is -3.58. The number of aromatic nitrogens is 3. The fourth-order valence-electron chi connectivity index (χ4n) is 3.12. The van der Waals surface area contributed by atoms with Crippen molar-refractivity contribution in [3.05, 3.63) is 71.2 Å². The second kappa shape index (κ2) is 9.28. The molecule has 164 valence electrons. The Kier molecular flexibility index (Phi) is 6.28. The van der Waals surface area contributed by atoms with Gasteiger partial charge in [-0.25, -0.2) is 0 Å². The smallest absolute Gasteiger partial charge is 0.255 e. The fourth-order valence-corrected chi connectivity index (χ4v) is 3.37. The lowest BCUT2D eigenvalue weighted by Gasteiger charge is -2.13. The number of halogens is 1.